The molecule has 0 saturated heterocycles. The Hall–Kier alpha value is -2.72. The minimum atomic E-state index is -2.37. The number of nitrogens with one attached hydrogen (secondary N) is 1. The molecule has 0 aromatic heterocycles. The van der Waals surface area contributed by atoms with Crippen LogP contribution in [-0.2, 0) is 21.3 Å². The third-order valence-electron chi connectivity index (χ3n) is 5.11. The Morgan fingerprint density at radius 3 is 2.19 bits per heavy atom. The van der Waals surface area contributed by atoms with Crippen molar-refractivity contribution in [2.45, 2.75) is 19.1 Å². The van der Waals surface area contributed by atoms with Gasteiger partial charge in [0.2, 0.25) is 0 Å². The molecule has 0 spiro atoms. The fraction of sp³-hybridized carbons (Fsp3) is 0.160. The van der Waals surface area contributed by atoms with Crippen molar-refractivity contribution >= 4 is 34.6 Å². The molecule has 6 heteroatoms. The molecule has 31 heavy (non-hydrogen) atoms. The Kier molecular flexibility index (Phi) is 6.67. The lowest BCUT2D eigenvalue weighted by atomic mass is 10.0. The zero-order chi connectivity index (χ0) is 21.7. The van der Waals surface area contributed by atoms with E-state index >= 15 is 0 Å². The van der Waals surface area contributed by atoms with Crippen LogP contribution in [0, 0.1) is 0 Å². The van der Waals surface area contributed by atoms with Crippen LogP contribution in [0.15, 0.2) is 97.1 Å². The molecule has 0 unspecified atom stereocenters. The van der Waals surface area contributed by atoms with E-state index in [-0.39, 0.29) is 18.1 Å². The van der Waals surface area contributed by atoms with Crippen molar-refractivity contribution in [3.8, 4) is 5.75 Å². The van der Waals surface area contributed by atoms with Gasteiger partial charge in [0.25, 0.3) is 0 Å². The largest absolute Gasteiger partial charge is 0.484 e. The van der Waals surface area contributed by atoms with Crippen molar-refractivity contribution in [3.05, 3.63) is 103 Å². The average molecular weight is 450 g/mol. The first-order valence-electron chi connectivity index (χ1n) is 10.2. The van der Waals surface area contributed by atoms with Crippen LogP contribution in [0.25, 0.3) is 0 Å². The average Bonchev–Trinajstić information content (AvgIpc) is 3.16. The lowest BCUT2D eigenvalue weighted by Crippen LogP contribution is -2.34. The molecule has 0 fully saturated rings. The van der Waals surface area contributed by atoms with Crippen molar-refractivity contribution in [2.75, 3.05) is 6.61 Å². The van der Waals surface area contributed by atoms with E-state index < -0.39 is 6.19 Å². The highest BCUT2D eigenvalue weighted by molar-refractivity contribution is 8.20. The van der Waals surface area contributed by atoms with Crippen molar-refractivity contribution in [3.63, 3.8) is 0 Å². The summed E-state index contributed by atoms with van der Waals surface area (Å²) in [5.41, 5.74) is 1.03. The number of esters is 1. The Balaban J connectivity index is 1.74. The van der Waals surface area contributed by atoms with Gasteiger partial charge in [0, 0.05) is 22.2 Å². The molecule has 1 N–H and O–H groups in total. The van der Waals surface area contributed by atoms with Crippen molar-refractivity contribution < 1.29 is 14.3 Å². The van der Waals surface area contributed by atoms with Crippen LogP contribution in [0.2, 0.25) is 0 Å². The Bertz CT molecular complexity index is 1070. The summed E-state index contributed by atoms with van der Waals surface area (Å²) in [6.45, 7) is 2.12. The van der Waals surface area contributed by atoms with Gasteiger partial charge in [0.15, 0.2) is 0 Å². The number of carbonyl (C=O) groups is 1. The number of carbonyl (C=O) groups excluding carboxylic acids is 1. The summed E-state index contributed by atoms with van der Waals surface area (Å²) in [5, 5.41) is 5.94. The predicted molar refractivity (Wildman–Crippen MR) is 129 cm³/mol. The lowest BCUT2D eigenvalue weighted by molar-refractivity contribution is -0.137. The summed E-state index contributed by atoms with van der Waals surface area (Å²) in [4.78, 5) is 11.9. The number of para-hydroxylation sites is 1. The molecule has 0 radical (unpaired) electrons. The van der Waals surface area contributed by atoms with E-state index in [0.717, 1.165) is 21.9 Å². The fourth-order valence-electron chi connectivity index (χ4n) is 3.66. The van der Waals surface area contributed by atoms with Crippen molar-refractivity contribution in [2.24, 2.45) is 0 Å². The zero-order valence-corrected chi connectivity index (χ0v) is 18.9. The summed E-state index contributed by atoms with van der Waals surface area (Å²) in [6, 6.07) is 28.1. The summed E-state index contributed by atoms with van der Waals surface area (Å²) in [6.07, 6.45) is 0.438. The molecule has 3 aromatic rings. The molecule has 1 heterocycles. The molecule has 158 valence electrons. The lowest BCUT2D eigenvalue weighted by Gasteiger charge is -2.30. The van der Waals surface area contributed by atoms with Crippen LogP contribution in [0.1, 0.15) is 18.5 Å². The van der Waals surface area contributed by atoms with E-state index in [1.165, 1.54) is 6.08 Å². The van der Waals surface area contributed by atoms with E-state index in [9.17, 15) is 4.79 Å². The van der Waals surface area contributed by atoms with Crippen molar-refractivity contribution in [1.29, 1.82) is 0 Å². The van der Waals surface area contributed by atoms with Gasteiger partial charge in [-0.15, -0.1) is 0 Å². The maximum atomic E-state index is 11.9. The van der Waals surface area contributed by atoms with E-state index in [1.54, 1.807) is 13.0 Å². The van der Waals surface area contributed by atoms with E-state index in [4.69, 9.17) is 21.3 Å². The normalized spacial score (nSPS) is 17.8. The molecule has 0 bridgehead atoms. The minimum absolute atomic E-state index is 0.201. The maximum Gasteiger partial charge on any atom is 0.330 e. The second-order valence-corrected chi connectivity index (χ2v) is 11.3. The van der Waals surface area contributed by atoms with Crippen LogP contribution >= 0.6 is 6.19 Å². The Labute approximate surface area is 188 Å². The van der Waals surface area contributed by atoms with E-state index in [2.05, 4.69) is 29.4 Å². The zero-order valence-electron chi connectivity index (χ0n) is 17.2. The molecular weight excluding hydrogens is 425 g/mol. The van der Waals surface area contributed by atoms with Gasteiger partial charge in [-0.1, -0.05) is 90.7 Å². The molecule has 1 aliphatic heterocycles. The monoisotopic (exact) mass is 449 g/mol. The van der Waals surface area contributed by atoms with Crippen LogP contribution < -0.4 is 20.4 Å². The summed E-state index contributed by atoms with van der Waals surface area (Å²) >= 11 is 6.36. The fourth-order valence-corrected chi connectivity index (χ4v) is 7.19. The number of hydrogen-bond donors (Lipinski definition) is 1. The van der Waals surface area contributed by atoms with Gasteiger partial charge >= 0.3 is 5.97 Å². The Morgan fingerprint density at radius 1 is 1.00 bits per heavy atom. The third kappa shape index (κ3) is 4.64. The second-order valence-electron chi connectivity index (χ2n) is 7.12. The molecule has 1 aliphatic rings. The smallest absolute Gasteiger partial charge is 0.330 e. The molecule has 4 nitrogen and oxygen atoms in total. The SMILES string of the molecule is CCOC(=O)/C=C/[C@H]1Oc2ccccc2[C@H]1NP(=S)(c1ccccc1)c1ccccc1. The number of hydrogen-bond acceptors (Lipinski definition) is 4. The van der Waals surface area contributed by atoms with Crippen LogP contribution in [0.3, 0.4) is 0 Å². The quantitative estimate of drug-likeness (QED) is 0.332. The van der Waals surface area contributed by atoms with Gasteiger partial charge in [-0.25, -0.2) is 4.79 Å². The van der Waals surface area contributed by atoms with Crippen molar-refractivity contribution in [1.82, 2.24) is 5.09 Å². The highest BCUT2D eigenvalue weighted by Gasteiger charge is 2.37. The number of fused-ring (bicyclic) bond motifs is 1. The standard InChI is InChI=1S/C25H24NO3PS/c1-2-28-24(27)18-17-23-25(21-15-9-10-16-22(21)29-23)26-30(31,19-11-5-3-6-12-19)20-13-7-4-8-14-20/h3-18,23,25H,2H2,1H3,(H,26,31)/b18-17+/t23-,25-/m1/s1. The molecule has 0 saturated carbocycles. The molecule has 0 amide bonds. The number of benzene rings is 3. The van der Waals surface area contributed by atoms with Gasteiger partial charge in [0.05, 0.1) is 18.8 Å². The van der Waals surface area contributed by atoms with Gasteiger partial charge in [-0.3, -0.25) is 5.09 Å². The summed E-state index contributed by atoms with van der Waals surface area (Å²) < 4.78 is 11.2. The van der Waals surface area contributed by atoms with Gasteiger partial charge in [-0.2, -0.15) is 0 Å². The number of rotatable bonds is 7. The molecule has 0 aliphatic carbocycles. The number of ether oxygens (including phenoxy) is 2. The minimum Gasteiger partial charge on any atom is -0.484 e. The summed E-state index contributed by atoms with van der Waals surface area (Å²) in [5.74, 6) is 0.410. The van der Waals surface area contributed by atoms with Crippen LogP contribution in [-0.4, -0.2) is 18.7 Å². The highest BCUT2D eigenvalue weighted by Crippen LogP contribution is 2.47. The second kappa shape index (κ2) is 9.61. The Morgan fingerprint density at radius 2 is 1.58 bits per heavy atom. The maximum absolute atomic E-state index is 11.9. The molecule has 2 atom stereocenters. The first kappa shape index (κ1) is 21.5. The predicted octanol–water partition coefficient (Wildman–Crippen LogP) is 4.24. The topological polar surface area (TPSA) is 47.6 Å². The molecule has 3 aromatic carbocycles. The first-order valence-corrected chi connectivity index (χ1v) is 13.0. The highest BCUT2D eigenvalue weighted by atomic mass is 32.4. The summed E-state index contributed by atoms with van der Waals surface area (Å²) in [7, 11) is 0. The van der Waals surface area contributed by atoms with Gasteiger partial charge < -0.3 is 9.47 Å². The van der Waals surface area contributed by atoms with Gasteiger partial charge in [-0.05, 0) is 19.1 Å². The van der Waals surface area contributed by atoms with Crippen LogP contribution in [0.4, 0.5) is 0 Å². The van der Waals surface area contributed by atoms with E-state index in [0.29, 0.717) is 6.61 Å². The molecular formula is C25H24NO3PS. The van der Waals surface area contributed by atoms with E-state index in [1.807, 2.05) is 60.7 Å². The van der Waals surface area contributed by atoms with Crippen LogP contribution in [0.5, 0.6) is 5.75 Å². The van der Waals surface area contributed by atoms with Gasteiger partial charge in [0.1, 0.15) is 11.9 Å². The molecule has 4 rings (SSSR count). The first-order chi connectivity index (χ1) is 15.1. The third-order valence-corrected chi connectivity index (χ3v) is 9.39.